The Kier molecular flexibility index (Phi) is 6.19. The van der Waals surface area contributed by atoms with Gasteiger partial charge in [-0.3, -0.25) is 0 Å². The zero-order valence-corrected chi connectivity index (χ0v) is 18.1. The van der Waals surface area contributed by atoms with Gasteiger partial charge in [-0.1, -0.05) is 43.7 Å². The molecule has 0 saturated carbocycles. The van der Waals surface area contributed by atoms with E-state index >= 15 is 0 Å². The fourth-order valence-electron chi connectivity index (χ4n) is 3.92. The van der Waals surface area contributed by atoms with Crippen LogP contribution in [0.15, 0.2) is 65.4 Å². The monoisotopic (exact) mass is 418 g/mol. The summed E-state index contributed by atoms with van der Waals surface area (Å²) in [6.07, 6.45) is 4.12. The summed E-state index contributed by atoms with van der Waals surface area (Å²) in [5.41, 5.74) is 5.38. The van der Waals surface area contributed by atoms with Crippen LogP contribution in [0, 0.1) is 0 Å². The number of carbonyl (C=O) groups excluding carboxylic acids is 1. The van der Waals surface area contributed by atoms with Gasteiger partial charge in [0.1, 0.15) is 5.75 Å². The van der Waals surface area contributed by atoms with Crippen LogP contribution in [0.4, 0.5) is 10.5 Å². The van der Waals surface area contributed by atoms with Gasteiger partial charge in [0.25, 0.3) is 0 Å². The number of carbonyl (C=O) groups is 1. The molecule has 3 aromatic rings. The largest absolute Gasteiger partial charge is 0.497 e. The molecule has 1 unspecified atom stereocenters. The fourth-order valence-corrected chi connectivity index (χ4v) is 4.54. The van der Waals surface area contributed by atoms with Gasteiger partial charge in [0.15, 0.2) is 0 Å². The van der Waals surface area contributed by atoms with Crippen molar-refractivity contribution in [2.75, 3.05) is 12.4 Å². The van der Waals surface area contributed by atoms with E-state index in [-0.39, 0.29) is 12.1 Å². The van der Waals surface area contributed by atoms with Crippen LogP contribution in [0.2, 0.25) is 0 Å². The number of methoxy groups -OCH3 is 1. The van der Waals surface area contributed by atoms with Crippen LogP contribution in [0.5, 0.6) is 5.75 Å². The van der Waals surface area contributed by atoms with E-state index in [0.29, 0.717) is 6.54 Å². The van der Waals surface area contributed by atoms with E-state index in [1.54, 1.807) is 18.4 Å². The van der Waals surface area contributed by atoms with E-state index in [1.165, 1.54) is 11.1 Å². The van der Waals surface area contributed by atoms with Gasteiger partial charge >= 0.3 is 6.03 Å². The zero-order valence-electron chi connectivity index (χ0n) is 17.3. The number of nitrogens with one attached hydrogen (secondary N) is 1. The maximum atomic E-state index is 13.3. The lowest BCUT2D eigenvalue weighted by molar-refractivity contribution is 0.196. The van der Waals surface area contributed by atoms with Crippen molar-refractivity contribution >= 4 is 34.7 Å². The van der Waals surface area contributed by atoms with Gasteiger partial charge in [0, 0.05) is 17.8 Å². The first-order valence-electron chi connectivity index (χ1n) is 10.2. The lowest BCUT2D eigenvalue weighted by Crippen LogP contribution is -2.41. The van der Waals surface area contributed by atoms with Crippen molar-refractivity contribution in [1.82, 2.24) is 4.90 Å². The van der Waals surface area contributed by atoms with Crippen molar-refractivity contribution in [3.8, 4) is 5.75 Å². The number of hydrogen-bond acceptors (Lipinski definition) is 3. The van der Waals surface area contributed by atoms with Crippen LogP contribution in [-0.2, 0) is 6.54 Å². The summed E-state index contributed by atoms with van der Waals surface area (Å²) in [5.74, 6) is 0.814. The number of anilines is 1. The highest BCUT2D eigenvalue weighted by molar-refractivity contribution is 7.08. The standard InChI is InChI=1S/C25H26N2O2S/c1-3-6-24-22(15-19-13-14-30-17-19)21-7-4-5-8-23(21)26-25(28)27(24)16-18-9-11-20(29-2)12-10-18/h4-5,7-15,17,24H,3,6,16H2,1-2H3,(H,26,28)/b22-15-. The predicted octanol–water partition coefficient (Wildman–Crippen LogP) is 6.51. The number of ether oxygens (including phenoxy) is 1. The van der Waals surface area contributed by atoms with Gasteiger partial charge in [-0.2, -0.15) is 11.3 Å². The van der Waals surface area contributed by atoms with Crippen molar-refractivity contribution in [3.05, 3.63) is 82.0 Å². The van der Waals surface area contributed by atoms with E-state index in [1.807, 2.05) is 47.4 Å². The lowest BCUT2D eigenvalue weighted by Gasteiger charge is -2.31. The average molecular weight is 419 g/mol. The third-order valence-electron chi connectivity index (χ3n) is 5.42. The second kappa shape index (κ2) is 9.18. The summed E-state index contributed by atoms with van der Waals surface area (Å²) in [7, 11) is 1.66. The normalized spacial score (nSPS) is 17.4. The van der Waals surface area contributed by atoms with E-state index < -0.39 is 0 Å². The molecule has 5 heteroatoms. The Morgan fingerprint density at radius 3 is 2.63 bits per heavy atom. The van der Waals surface area contributed by atoms with Gasteiger partial charge in [0.05, 0.1) is 13.2 Å². The molecular formula is C25H26N2O2S. The molecule has 4 rings (SSSR count). The van der Waals surface area contributed by atoms with Crippen molar-refractivity contribution < 1.29 is 9.53 Å². The van der Waals surface area contributed by atoms with E-state index in [4.69, 9.17) is 4.74 Å². The molecule has 0 aliphatic carbocycles. The molecule has 1 atom stereocenters. The number of rotatable bonds is 6. The molecule has 2 amide bonds. The summed E-state index contributed by atoms with van der Waals surface area (Å²) >= 11 is 1.68. The molecule has 2 heterocycles. The number of amides is 2. The fraction of sp³-hybridized carbons (Fsp3) is 0.240. The maximum Gasteiger partial charge on any atom is 0.322 e. The first-order chi connectivity index (χ1) is 14.7. The third-order valence-corrected chi connectivity index (χ3v) is 6.12. The summed E-state index contributed by atoms with van der Waals surface area (Å²) in [5, 5.41) is 7.37. The van der Waals surface area contributed by atoms with Crippen LogP contribution in [0.1, 0.15) is 36.5 Å². The molecule has 1 aliphatic heterocycles. The van der Waals surface area contributed by atoms with Crippen LogP contribution in [0.25, 0.3) is 11.6 Å². The minimum absolute atomic E-state index is 0.0133. The summed E-state index contributed by atoms with van der Waals surface area (Å²) in [6, 6.07) is 18.1. The Balaban J connectivity index is 1.78. The van der Waals surface area contributed by atoms with Gasteiger partial charge < -0.3 is 15.0 Å². The molecule has 0 radical (unpaired) electrons. The Hall–Kier alpha value is -3.05. The van der Waals surface area contributed by atoms with Gasteiger partial charge in [-0.05, 0) is 64.2 Å². The van der Waals surface area contributed by atoms with Crippen molar-refractivity contribution in [1.29, 1.82) is 0 Å². The van der Waals surface area contributed by atoms with Crippen LogP contribution < -0.4 is 10.1 Å². The highest BCUT2D eigenvalue weighted by Gasteiger charge is 2.32. The summed E-state index contributed by atoms with van der Waals surface area (Å²) in [4.78, 5) is 15.3. The second-order valence-corrected chi connectivity index (χ2v) is 8.19. The predicted molar refractivity (Wildman–Crippen MR) is 125 cm³/mol. The van der Waals surface area contributed by atoms with Crippen molar-refractivity contribution in [3.63, 3.8) is 0 Å². The number of nitrogens with zero attached hydrogens (tertiary/aromatic N) is 1. The molecule has 0 spiro atoms. The Labute approximate surface area is 181 Å². The van der Waals surface area contributed by atoms with E-state index in [9.17, 15) is 4.79 Å². The molecule has 2 aromatic carbocycles. The molecule has 0 fully saturated rings. The number of benzene rings is 2. The molecule has 0 saturated heterocycles. The summed E-state index contributed by atoms with van der Waals surface area (Å²) in [6.45, 7) is 2.71. The quantitative estimate of drug-likeness (QED) is 0.495. The Morgan fingerprint density at radius 2 is 1.93 bits per heavy atom. The highest BCUT2D eigenvalue weighted by Crippen LogP contribution is 2.37. The zero-order chi connectivity index (χ0) is 20.9. The van der Waals surface area contributed by atoms with Crippen LogP contribution in [-0.4, -0.2) is 24.1 Å². The average Bonchev–Trinajstić information content (AvgIpc) is 3.25. The SMILES string of the molecule is CCCC1/C(=C\c2ccsc2)c2ccccc2NC(=O)N1Cc1ccc(OC)cc1. The topological polar surface area (TPSA) is 41.6 Å². The van der Waals surface area contributed by atoms with E-state index in [0.717, 1.165) is 35.4 Å². The van der Waals surface area contributed by atoms with Crippen molar-refractivity contribution in [2.45, 2.75) is 32.4 Å². The Bertz CT molecular complexity index is 1030. The van der Waals surface area contributed by atoms with Crippen molar-refractivity contribution in [2.24, 2.45) is 0 Å². The smallest absolute Gasteiger partial charge is 0.322 e. The van der Waals surface area contributed by atoms with E-state index in [2.05, 4.69) is 41.2 Å². The molecular weight excluding hydrogens is 392 g/mol. The van der Waals surface area contributed by atoms with Gasteiger partial charge in [-0.15, -0.1) is 0 Å². The van der Waals surface area contributed by atoms with Gasteiger partial charge in [-0.25, -0.2) is 4.79 Å². The summed E-state index contributed by atoms with van der Waals surface area (Å²) < 4.78 is 5.28. The molecule has 1 N–H and O–H groups in total. The highest BCUT2D eigenvalue weighted by atomic mass is 32.1. The van der Waals surface area contributed by atoms with Crippen LogP contribution >= 0.6 is 11.3 Å². The first-order valence-corrected chi connectivity index (χ1v) is 11.2. The maximum absolute atomic E-state index is 13.3. The number of fused-ring (bicyclic) bond motifs is 1. The number of hydrogen-bond donors (Lipinski definition) is 1. The minimum atomic E-state index is -0.0644. The number of urea groups is 1. The Morgan fingerprint density at radius 1 is 1.13 bits per heavy atom. The molecule has 1 aliphatic rings. The third kappa shape index (κ3) is 4.26. The van der Waals surface area contributed by atoms with Gasteiger partial charge in [0.2, 0.25) is 0 Å². The molecule has 0 bridgehead atoms. The number of thiophene rings is 1. The first kappa shape index (κ1) is 20.2. The second-order valence-electron chi connectivity index (χ2n) is 7.41. The minimum Gasteiger partial charge on any atom is -0.497 e. The van der Waals surface area contributed by atoms with Crippen LogP contribution in [0.3, 0.4) is 0 Å². The molecule has 154 valence electrons. The molecule has 1 aromatic heterocycles. The molecule has 4 nitrogen and oxygen atoms in total. The lowest BCUT2D eigenvalue weighted by atomic mass is 9.92. The number of para-hydroxylation sites is 1. The molecule has 30 heavy (non-hydrogen) atoms.